The second-order valence-corrected chi connectivity index (χ2v) is 4.62. The van der Waals surface area contributed by atoms with Gasteiger partial charge in [-0.3, -0.25) is 0 Å². The normalized spacial score (nSPS) is 11.1. The van der Waals surface area contributed by atoms with Crippen LogP contribution >= 0.6 is 11.6 Å². The second kappa shape index (κ2) is 4.70. The lowest BCUT2D eigenvalue weighted by molar-refractivity contribution is 0.00690. The Morgan fingerprint density at radius 1 is 1.44 bits per heavy atom. The van der Waals surface area contributed by atoms with Crippen molar-refractivity contribution in [3.63, 3.8) is 0 Å². The number of pyridine rings is 1. The molecule has 0 aliphatic rings. The molecule has 0 bridgehead atoms. The number of esters is 1. The molecule has 0 atom stereocenters. The van der Waals surface area contributed by atoms with Gasteiger partial charge in [0.1, 0.15) is 10.6 Å². The van der Waals surface area contributed by atoms with E-state index in [4.69, 9.17) is 21.1 Å². The van der Waals surface area contributed by atoms with Crippen LogP contribution in [-0.4, -0.2) is 23.7 Å². The number of carbonyl (C=O) groups is 1. The Morgan fingerprint density at radius 2 is 2.06 bits per heavy atom. The van der Waals surface area contributed by atoms with Crippen molar-refractivity contribution in [2.75, 3.05) is 7.11 Å². The molecule has 1 rings (SSSR count). The summed E-state index contributed by atoms with van der Waals surface area (Å²) in [5.41, 5.74) is -0.232. The van der Waals surface area contributed by atoms with E-state index in [0.717, 1.165) is 0 Å². The predicted octanol–water partition coefficient (Wildman–Crippen LogP) is 2.70. The molecule has 0 aromatic carbocycles. The van der Waals surface area contributed by atoms with Crippen LogP contribution in [-0.2, 0) is 4.74 Å². The maximum Gasteiger partial charge on any atom is 0.340 e. The summed E-state index contributed by atoms with van der Waals surface area (Å²) in [7, 11) is 1.46. The van der Waals surface area contributed by atoms with Gasteiger partial charge in [-0.25, -0.2) is 9.78 Å². The number of aromatic nitrogens is 1. The zero-order valence-electron chi connectivity index (χ0n) is 9.70. The quantitative estimate of drug-likeness (QED) is 0.750. The lowest BCUT2D eigenvalue weighted by atomic mass is 10.2. The van der Waals surface area contributed by atoms with E-state index in [1.807, 2.05) is 0 Å². The standard InChI is InChI=1S/C11H14ClNO3/c1-11(2,3)16-10(14)7-5-8(12)9(15-4)13-6-7/h5-6H,1-4H3. The minimum Gasteiger partial charge on any atom is -0.480 e. The van der Waals surface area contributed by atoms with Crippen LogP contribution in [0.25, 0.3) is 0 Å². The van der Waals surface area contributed by atoms with Crippen LogP contribution in [0.5, 0.6) is 5.88 Å². The minimum atomic E-state index is -0.538. The highest BCUT2D eigenvalue weighted by molar-refractivity contribution is 6.32. The van der Waals surface area contributed by atoms with Gasteiger partial charge in [-0.2, -0.15) is 0 Å². The van der Waals surface area contributed by atoms with E-state index in [1.54, 1.807) is 20.8 Å². The number of methoxy groups -OCH3 is 1. The number of ether oxygens (including phenoxy) is 2. The fourth-order valence-corrected chi connectivity index (χ4v) is 1.27. The molecule has 1 heterocycles. The molecule has 1 aromatic heterocycles. The second-order valence-electron chi connectivity index (χ2n) is 4.22. The lowest BCUT2D eigenvalue weighted by Crippen LogP contribution is -2.24. The number of hydrogen-bond acceptors (Lipinski definition) is 4. The SMILES string of the molecule is COc1ncc(C(=O)OC(C)(C)C)cc1Cl. The smallest absolute Gasteiger partial charge is 0.340 e. The number of halogens is 1. The van der Waals surface area contributed by atoms with Crippen LogP contribution in [0.2, 0.25) is 5.02 Å². The zero-order chi connectivity index (χ0) is 12.3. The van der Waals surface area contributed by atoms with Crippen molar-refractivity contribution in [2.24, 2.45) is 0 Å². The molecule has 0 saturated heterocycles. The van der Waals surface area contributed by atoms with Crippen LogP contribution in [0.1, 0.15) is 31.1 Å². The van der Waals surface area contributed by atoms with Crippen molar-refractivity contribution >= 4 is 17.6 Å². The van der Waals surface area contributed by atoms with E-state index in [1.165, 1.54) is 19.4 Å². The maximum atomic E-state index is 11.7. The van der Waals surface area contributed by atoms with Crippen LogP contribution in [0.3, 0.4) is 0 Å². The summed E-state index contributed by atoms with van der Waals surface area (Å²) in [4.78, 5) is 15.5. The highest BCUT2D eigenvalue weighted by Crippen LogP contribution is 2.23. The summed E-state index contributed by atoms with van der Waals surface area (Å²) in [5, 5.41) is 0.283. The van der Waals surface area contributed by atoms with Crippen molar-refractivity contribution in [1.29, 1.82) is 0 Å². The van der Waals surface area contributed by atoms with Gasteiger partial charge < -0.3 is 9.47 Å². The number of carbonyl (C=O) groups excluding carboxylic acids is 1. The van der Waals surface area contributed by atoms with Gasteiger partial charge in [0.05, 0.1) is 12.7 Å². The molecule has 0 radical (unpaired) electrons. The Labute approximate surface area is 99.5 Å². The Balaban J connectivity index is 2.89. The first-order valence-corrected chi connectivity index (χ1v) is 5.14. The molecule has 0 spiro atoms. The van der Waals surface area contributed by atoms with Crippen molar-refractivity contribution < 1.29 is 14.3 Å². The van der Waals surface area contributed by atoms with Gasteiger partial charge in [0.25, 0.3) is 0 Å². The molecule has 88 valence electrons. The van der Waals surface area contributed by atoms with E-state index < -0.39 is 11.6 Å². The first kappa shape index (κ1) is 12.8. The first-order chi connectivity index (χ1) is 7.33. The molecule has 16 heavy (non-hydrogen) atoms. The van der Waals surface area contributed by atoms with E-state index >= 15 is 0 Å². The van der Waals surface area contributed by atoms with Crippen LogP contribution in [0, 0.1) is 0 Å². The molecule has 0 aliphatic carbocycles. The zero-order valence-corrected chi connectivity index (χ0v) is 10.5. The topological polar surface area (TPSA) is 48.4 Å². The third kappa shape index (κ3) is 3.38. The molecular formula is C11H14ClNO3. The molecule has 4 nitrogen and oxygen atoms in total. The summed E-state index contributed by atoms with van der Waals surface area (Å²) >= 11 is 5.85. The number of nitrogens with zero attached hydrogens (tertiary/aromatic N) is 1. The van der Waals surface area contributed by atoms with Crippen LogP contribution < -0.4 is 4.74 Å². The van der Waals surface area contributed by atoms with Gasteiger partial charge in [0, 0.05) is 6.20 Å². The summed E-state index contributed by atoms with van der Waals surface area (Å²) in [6.45, 7) is 5.39. The monoisotopic (exact) mass is 243 g/mol. The Hall–Kier alpha value is -1.29. The molecular weight excluding hydrogens is 230 g/mol. The molecule has 0 fully saturated rings. The maximum absolute atomic E-state index is 11.7. The molecule has 0 aliphatic heterocycles. The Kier molecular flexibility index (Phi) is 3.75. The molecule has 1 aromatic rings. The van der Waals surface area contributed by atoms with E-state index in [2.05, 4.69) is 4.98 Å². The molecule has 0 unspecified atom stereocenters. The average molecular weight is 244 g/mol. The highest BCUT2D eigenvalue weighted by atomic mass is 35.5. The van der Waals surface area contributed by atoms with Gasteiger partial charge in [-0.15, -0.1) is 0 Å². The predicted molar refractivity (Wildman–Crippen MR) is 61.0 cm³/mol. The summed E-state index contributed by atoms with van der Waals surface area (Å²) < 4.78 is 10.1. The van der Waals surface area contributed by atoms with Crippen molar-refractivity contribution in [3.8, 4) is 5.88 Å². The van der Waals surface area contributed by atoms with Gasteiger partial charge in [0.2, 0.25) is 5.88 Å². The highest BCUT2D eigenvalue weighted by Gasteiger charge is 2.19. The molecule has 0 N–H and O–H groups in total. The molecule has 0 amide bonds. The van der Waals surface area contributed by atoms with Gasteiger partial charge in [-0.1, -0.05) is 11.6 Å². The third-order valence-corrected chi connectivity index (χ3v) is 1.91. The molecule has 5 heteroatoms. The fraction of sp³-hybridized carbons (Fsp3) is 0.455. The van der Waals surface area contributed by atoms with Crippen molar-refractivity contribution in [3.05, 3.63) is 22.8 Å². The summed E-state index contributed by atoms with van der Waals surface area (Å²) in [6, 6.07) is 1.47. The third-order valence-electron chi connectivity index (χ3n) is 1.64. The Morgan fingerprint density at radius 3 is 2.50 bits per heavy atom. The van der Waals surface area contributed by atoms with Crippen LogP contribution in [0.4, 0.5) is 0 Å². The van der Waals surface area contributed by atoms with E-state index in [-0.39, 0.29) is 10.9 Å². The van der Waals surface area contributed by atoms with Crippen molar-refractivity contribution in [1.82, 2.24) is 4.98 Å². The van der Waals surface area contributed by atoms with Gasteiger partial charge in [0.15, 0.2) is 0 Å². The molecule has 0 saturated carbocycles. The summed E-state index contributed by atoms with van der Waals surface area (Å²) in [6.07, 6.45) is 1.37. The van der Waals surface area contributed by atoms with Crippen molar-refractivity contribution in [2.45, 2.75) is 26.4 Å². The lowest BCUT2D eigenvalue weighted by Gasteiger charge is -2.19. The minimum absolute atomic E-state index is 0.283. The summed E-state index contributed by atoms with van der Waals surface area (Å²) in [5.74, 6) is -0.168. The number of hydrogen-bond donors (Lipinski definition) is 0. The fourth-order valence-electron chi connectivity index (χ4n) is 1.02. The van der Waals surface area contributed by atoms with E-state index in [9.17, 15) is 4.79 Å². The van der Waals surface area contributed by atoms with Gasteiger partial charge >= 0.3 is 5.97 Å². The van der Waals surface area contributed by atoms with E-state index in [0.29, 0.717) is 5.56 Å². The Bertz CT molecular complexity index is 399. The van der Waals surface area contributed by atoms with Gasteiger partial charge in [-0.05, 0) is 26.8 Å². The largest absolute Gasteiger partial charge is 0.480 e. The average Bonchev–Trinajstić information content (AvgIpc) is 2.15. The first-order valence-electron chi connectivity index (χ1n) is 4.76. The van der Waals surface area contributed by atoms with Crippen LogP contribution in [0.15, 0.2) is 12.3 Å². The number of rotatable bonds is 2.